The second-order valence-electron chi connectivity index (χ2n) is 7.69. The lowest BCUT2D eigenvalue weighted by atomic mass is 9.68. The molecule has 2 atom stereocenters. The van der Waals surface area contributed by atoms with Crippen molar-refractivity contribution >= 4 is 0 Å². The molecule has 1 aliphatic carbocycles. The fourth-order valence-corrected chi connectivity index (χ4v) is 4.92. The first-order valence-corrected chi connectivity index (χ1v) is 9.31. The number of piperidine rings is 1. The summed E-state index contributed by atoms with van der Waals surface area (Å²) in [6, 6.07) is 18.8. The fourth-order valence-electron chi connectivity index (χ4n) is 4.92. The van der Waals surface area contributed by atoms with E-state index in [1.54, 1.807) is 0 Å². The first-order chi connectivity index (χ1) is 11.8. The van der Waals surface area contributed by atoms with Crippen molar-refractivity contribution < 1.29 is 5.11 Å². The number of nitrogens with zero attached hydrogens (tertiary/aromatic N) is 1. The third kappa shape index (κ3) is 3.08. The molecule has 2 bridgehead atoms. The molecule has 0 spiro atoms. The molecular weight excluding hydrogens is 294 g/mol. The lowest BCUT2D eigenvalue weighted by molar-refractivity contribution is -0.0210. The van der Waals surface area contributed by atoms with E-state index in [1.807, 2.05) is 18.2 Å². The zero-order chi connectivity index (χ0) is 16.4. The average molecular weight is 321 g/mol. The molecule has 1 heterocycles. The van der Waals surface area contributed by atoms with Crippen molar-refractivity contribution in [3.63, 3.8) is 0 Å². The minimum Gasteiger partial charge on any atom is -0.508 e. The summed E-state index contributed by atoms with van der Waals surface area (Å²) in [5.41, 5.74) is 2.78. The van der Waals surface area contributed by atoms with E-state index in [-0.39, 0.29) is 5.54 Å². The van der Waals surface area contributed by atoms with Crippen LogP contribution in [-0.2, 0) is 13.0 Å². The molecule has 2 nitrogen and oxygen atoms in total. The summed E-state index contributed by atoms with van der Waals surface area (Å²) >= 11 is 0. The van der Waals surface area contributed by atoms with Crippen LogP contribution in [0.2, 0.25) is 0 Å². The van der Waals surface area contributed by atoms with Gasteiger partial charge in [0.25, 0.3) is 0 Å². The molecule has 24 heavy (non-hydrogen) atoms. The normalized spacial score (nSPS) is 27.1. The van der Waals surface area contributed by atoms with Crippen LogP contribution in [-0.4, -0.2) is 22.1 Å². The quantitative estimate of drug-likeness (QED) is 0.877. The van der Waals surface area contributed by atoms with E-state index in [1.165, 1.54) is 37.7 Å². The van der Waals surface area contributed by atoms with Gasteiger partial charge in [0.1, 0.15) is 5.75 Å². The van der Waals surface area contributed by atoms with Gasteiger partial charge in [-0.1, -0.05) is 61.4 Å². The smallest absolute Gasteiger partial charge is 0.120 e. The summed E-state index contributed by atoms with van der Waals surface area (Å²) in [7, 11) is 0. The van der Waals surface area contributed by atoms with Gasteiger partial charge in [0.05, 0.1) is 0 Å². The van der Waals surface area contributed by atoms with Crippen LogP contribution in [0.3, 0.4) is 0 Å². The second kappa shape index (κ2) is 6.60. The van der Waals surface area contributed by atoms with Gasteiger partial charge in [0.15, 0.2) is 0 Å². The Bertz CT molecular complexity index is 683. The molecule has 2 heteroatoms. The Labute approximate surface area is 145 Å². The van der Waals surface area contributed by atoms with Crippen molar-refractivity contribution in [2.45, 2.75) is 50.6 Å². The average Bonchev–Trinajstić information content (AvgIpc) is 2.60. The first kappa shape index (κ1) is 15.7. The number of benzene rings is 2. The molecule has 0 aromatic heterocycles. The number of rotatable bonds is 4. The third-order valence-corrected chi connectivity index (χ3v) is 6.13. The van der Waals surface area contributed by atoms with Crippen molar-refractivity contribution in [1.29, 1.82) is 0 Å². The van der Waals surface area contributed by atoms with Crippen molar-refractivity contribution in [3.8, 4) is 5.75 Å². The topological polar surface area (TPSA) is 23.5 Å². The van der Waals surface area contributed by atoms with Gasteiger partial charge in [0.2, 0.25) is 0 Å². The Kier molecular flexibility index (Phi) is 4.32. The van der Waals surface area contributed by atoms with E-state index >= 15 is 0 Å². The van der Waals surface area contributed by atoms with E-state index < -0.39 is 0 Å². The molecule has 1 aliphatic heterocycles. The highest BCUT2D eigenvalue weighted by Crippen LogP contribution is 2.45. The molecule has 2 fully saturated rings. The Morgan fingerprint density at radius 2 is 1.79 bits per heavy atom. The first-order valence-electron chi connectivity index (χ1n) is 9.31. The zero-order valence-electron chi connectivity index (χ0n) is 14.3. The summed E-state index contributed by atoms with van der Waals surface area (Å²) in [4.78, 5) is 2.67. The van der Waals surface area contributed by atoms with Gasteiger partial charge in [-0.3, -0.25) is 4.90 Å². The van der Waals surface area contributed by atoms with Crippen LogP contribution in [0.5, 0.6) is 5.75 Å². The molecule has 1 saturated heterocycles. The van der Waals surface area contributed by atoms with Crippen LogP contribution in [0.1, 0.15) is 43.2 Å². The molecule has 2 unspecified atom stereocenters. The summed E-state index contributed by atoms with van der Waals surface area (Å²) in [5, 5.41) is 10.2. The van der Waals surface area contributed by atoms with E-state index in [0.717, 1.165) is 31.0 Å². The van der Waals surface area contributed by atoms with Crippen molar-refractivity contribution in [1.82, 2.24) is 4.90 Å². The SMILES string of the molecule is Oc1ccccc1CN1CCC2CCCC1(Cc1ccccc1)C2. The molecule has 0 radical (unpaired) electrons. The van der Waals surface area contributed by atoms with Crippen LogP contribution in [0.25, 0.3) is 0 Å². The molecule has 0 amide bonds. The second-order valence-corrected chi connectivity index (χ2v) is 7.69. The van der Waals surface area contributed by atoms with Gasteiger partial charge in [0, 0.05) is 17.6 Å². The standard InChI is InChI=1S/C22H27NO/c24-21-11-5-4-10-20(21)17-23-14-12-19-9-6-13-22(23,16-19)15-18-7-2-1-3-8-18/h1-5,7-8,10-11,19,24H,6,9,12-17H2. The highest BCUT2D eigenvalue weighted by Gasteiger charge is 2.44. The van der Waals surface area contributed by atoms with Crippen LogP contribution in [0.4, 0.5) is 0 Å². The van der Waals surface area contributed by atoms with Gasteiger partial charge in [-0.25, -0.2) is 0 Å². The van der Waals surface area contributed by atoms with E-state index in [4.69, 9.17) is 0 Å². The van der Waals surface area contributed by atoms with Crippen molar-refractivity contribution in [2.75, 3.05) is 6.54 Å². The number of aromatic hydroxyl groups is 1. The predicted molar refractivity (Wildman–Crippen MR) is 98.0 cm³/mol. The highest BCUT2D eigenvalue weighted by molar-refractivity contribution is 5.32. The molecule has 2 aliphatic rings. The van der Waals surface area contributed by atoms with Crippen molar-refractivity contribution in [2.24, 2.45) is 5.92 Å². The van der Waals surface area contributed by atoms with Gasteiger partial charge in [-0.15, -0.1) is 0 Å². The van der Waals surface area contributed by atoms with Gasteiger partial charge < -0.3 is 5.11 Å². The molecule has 1 saturated carbocycles. The van der Waals surface area contributed by atoms with E-state index in [9.17, 15) is 5.11 Å². The highest BCUT2D eigenvalue weighted by atomic mass is 16.3. The van der Waals surface area contributed by atoms with Crippen molar-refractivity contribution in [3.05, 3.63) is 65.7 Å². The predicted octanol–water partition coefficient (Wildman–Crippen LogP) is 4.77. The number of hydrogen-bond donors (Lipinski definition) is 1. The maximum absolute atomic E-state index is 10.2. The molecule has 2 aromatic carbocycles. The Balaban J connectivity index is 1.62. The Hall–Kier alpha value is -1.80. The number of hydrogen-bond acceptors (Lipinski definition) is 2. The third-order valence-electron chi connectivity index (χ3n) is 6.13. The van der Waals surface area contributed by atoms with Crippen LogP contribution >= 0.6 is 0 Å². The van der Waals surface area contributed by atoms with Gasteiger partial charge in [-0.2, -0.15) is 0 Å². The molecule has 4 rings (SSSR count). The number of phenols is 1. The maximum atomic E-state index is 10.2. The zero-order valence-corrected chi connectivity index (χ0v) is 14.3. The molecule has 126 valence electrons. The van der Waals surface area contributed by atoms with Crippen LogP contribution < -0.4 is 0 Å². The van der Waals surface area contributed by atoms with Crippen LogP contribution in [0.15, 0.2) is 54.6 Å². The minimum atomic E-state index is 0.269. The molecular formula is C22H27NO. The summed E-state index contributed by atoms with van der Waals surface area (Å²) in [6.07, 6.45) is 7.79. The number of phenolic OH excluding ortho intramolecular Hbond substituents is 1. The van der Waals surface area contributed by atoms with Gasteiger partial charge >= 0.3 is 0 Å². The van der Waals surface area contributed by atoms with E-state index in [2.05, 4.69) is 41.3 Å². The maximum Gasteiger partial charge on any atom is 0.120 e. The Morgan fingerprint density at radius 3 is 2.62 bits per heavy atom. The summed E-state index contributed by atoms with van der Waals surface area (Å²) < 4.78 is 0. The number of para-hydroxylation sites is 1. The summed E-state index contributed by atoms with van der Waals surface area (Å²) in [6.45, 7) is 2.03. The summed E-state index contributed by atoms with van der Waals surface area (Å²) in [5.74, 6) is 1.33. The number of fused-ring (bicyclic) bond motifs is 2. The molecule has 2 aromatic rings. The van der Waals surface area contributed by atoms with E-state index in [0.29, 0.717) is 5.75 Å². The fraction of sp³-hybridized carbons (Fsp3) is 0.455. The lowest BCUT2D eigenvalue weighted by Crippen LogP contribution is -2.56. The number of likely N-dealkylation sites (tertiary alicyclic amines) is 1. The Morgan fingerprint density at radius 1 is 1.00 bits per heavy atom. The van der Waals surface area contributed by atoms with Gasteiger partial charge in [-0.05, 0) is 49.8 Å². The monoisotopic (exact) mass is 321 g/mol. The van der Waals surface area contributed by atoms with Crippen LogP contribution in [0, 0.1) is 5.92 Å². The largest absolute Gasteiger partial charge is 0.508 e. The molecule has 1 N–H and O–H groups in total. The lowest BCUT2D eigenvalue weighted by Gasteiger charge is -2.53. The minimum absolute atomic E-state index is 0.269.